The molecule has 1 saturated heterocycles. The molecule has 3 aromatic rings. The van der Waals surface area contributed by atoms with Crippen LogP contribution in [-0.2, 0) is 11.2 Å². The van der Waals surface area contributed by atoms with Crippen molar-refractivity contribution < 1.29 is 14.6 Å². The van der Waals surface area contributed by atoms with Crippen LogP contribution in [0.25, 0.3) is 10.6 Å². The Morgan fingerprint density at radius 3 is 2.69 bits per heavy atom. The lowest BCUT2D eigenvalue weighted by molar-refractivity contribution is -0.116. The van der Waals surface area contributed by atoms with E-state index >= 15 is 0 Å². The summed E-state index contributed by atoms with van der Waals surface area (Å²) < 4.78 is 10.2. The largest absolute Gasteiger partial charge is 0.490 e. The van der Waals surface area contributed by atoms with Crippen LogP contribution in [0, 0.1) is 6.92 Å². The highest BCUT2D eigenvalue weighted by molar-refractivity contribution is 7.09. The summed E-state index contributed by atoms with van der Waals surface area (Å²) in [4.78, 5) is 22.1. The molecule has 0 unspecified atom stereocenters. The fraction of sp³-hybridized carbons (Fsp3) is 0.444. The molecule has 0 atom stereocenters. The Balaban J connectivity index is 1.33. The van der Waals surface area contributed by atoms with Crippen molar-refractivity contribution in [3.05, 3.63) is 47.8 Å². The van der Waals surface area contributed by atoms with Gasteiger partial charge in [0, 0.05) is 30.8 Å². The van der Waals surface area contributed by atoms with E-state index in [1.54, 1.807) is 13.8 Å². The average molecular weight is 508 g/mol. The van der Waals surface area contributed by atoms with Gasteiger partial charge in [-0.3, -0.25) is 4.79 Å². The molecule has 2 aliphatic heterocycles. The third kappa shape index (κ3) is 5.32. The molecule has 2 aliphatic rings. The number of anilines is 3. The van der Waals surface area contributed by atoms with Crippen molar-refractivity contribution in [3.63, 3.8) is 0 Å². The molecule has 36 heavy (non-hydrogen) atoms. The molecular formula is C27H33N5O3S. The molecule has 0 bridgehead atoms. The topological polar surface area (TPSA) is 90.8 Å². The first-order chi connectivity index (χ1) is 17.3. The Kier molecular flexibility index (Phi) is 6.85. The average Bonchev–Trinajstić information content (AvgIpc) is 3.61. The van der Waals surface area contributed by atoms with Gasteiger partial charge in [-0.15, -0.1) is 0 Å². The second-order valence-electron chi connectivity index (χ2n) is 10.1. The van der Waals surface area contributed by atoms with Gasteiger partial charge in [0.15, 0.2) is 0 Å². The highest BCUT2D eigenvalue weighted by Gasteiger charge is 2.28. The first kappa shape index (κ1) is 24.5. The SMILES string of the molecule is Cc1nsc(-c2ccc(N3CCCC3)c(NCC(=O)N3CCc4c(OCC(C)(C)O)cccc43)c2)n1. The number of nitrogens with zero attached hydrogens (tertiary/aromatic N) is 4. The standard InChI is InChI=1S/C27H33N5O3S/c1-18-29-26(36-30-18)19-9-10-23(31-12-4-5-13-31)21(15-19)28-16-25(33)32-14-11-20-22(32)7-6-8-24(20)35-17-27(2,3)34/h6-10,15,28,34H,4-5,11-14,16-17H2,1-3H3. The lowest BCUT2D eigenvalue weighted by atomic mass is 10.1. The number of rotatable bonds is 8. The van der Waals surface area contributed by atoms with Crippen LogP contribution in [0.2, 0.25) is 0 Å². The normalized spacial score (nSPS) is 15.3. The summed E-state index contributed by atoms with van der Waals surface area (Å²) in [5.41, 5.74) is 4.04. The summed E-state index contributed by atoms with van der Waals surface area (Å²) in [7, 11) is 0. The van der Waals surface area contributed by atoms with Crippen molar-refractivity contribution in [2.24, 2.45) is 0 Å². The number of carbonyl (C=O) groups excluding carboxylic acids is 1. The molecule has 1 amide bonds. The fourth-order valence-electron chi connectivity index (χ4n) is 4.78. The summed E-state index contributed by atoms with van der Waals surface area (Å²) in [6.07, 6.45) is 3.09. The summed E-state index contributed by atoms with van der Waals surface area (Å²) in [6, 6.07) is 12.1. The molecule has 0 saturated carbocycles. The number of hydrogen-bond acceptors (Lipinski definition) is 8. The van der Waals surface area contributed by atoms with Crippen molar-refractivity contribution >= 4 is 34.5 Å². The van der Waals surface area contributed by atoms with Crippen LogP contribution in [0.1, 0.15) is 38.1 Å². The molecular weight excluding hydrogens is 474 g/mol. The lowest BCUT2D eigenvalue weighted by Gasteiger charge is -2.24. The molecule has 190 valence electrons. The maximum absolute atomic E-state index is 13.3. The first-order valence-corrected chi connectivity index (χ1v) is 13.3. The number of aryl methyl sites for hydroxylation is 1. The number of benzene rings is 2. The number of amides is 1. The Hall–Kier alpha value is -3.17. The van der Waals surface area contributed by atoms with E-state index < -0.39 is 5.60 Å². The van der Waals surface area contributed by atoms with Crippen LogP contribution in [0.4, 0.5) is 17.1 Å². The predicted octanol–water partition coefficient (Wildman–Crippen LogP) is 4.26. The third-order valence-electron chi connectivity index (χ3n) is 6.51. The van der Waals surface area contributed by atoms with Crippen LogP contribution in [0.5, 0.6) is 5.75 Å². The van der Waals surface area contributed by atoms with E-state index in [4.69, 9.17) is 4.74 Å². The lowest BCUT2D eigenvalue weighted by Crippen LogP contribution is -2.34. The van der Waals surface area contributed by atoms with Gasteiger partial charge >= 0.3 is 0 Å². The van der Waals surface area contributed by atoms with Gasteiger partial charge in [-0.2, -0.15) is 4.37 Å². The van der Waals surface area contributed by atoms with Gasteiger partial charge in [-0.25, -0.2) is 4.98 Å². The molecule has 0 aliphatic carbocycles. The van der Waals surface area contributed by atoms with Crippen molar-refractivity contribution in [1.29, 1.82) is 0 Å². The first-order valence-electron chi connectivity index (χ1n) is 12.5. The minimum atomic E-state index is -0.921. The van der Waals surface area contributed by atoms with Crippen LogP contribution >= 0.6 is 11.5 Å². The highest BCUT2D eigenvalue weighted by Crippen LogP contribution is 2.37. The molecule has 1 aromatic heterocycles. The predicted molar refractivity (Wildman–Crippen MR) is 144 cm³/mol. The molecule has 8 nitrogen and oxygen atoms in total. The Morgan fingerprint density at radius 1 is 1.17 bits per heavy atom. The number of fused-ring (bicyclic) bond motifs is 1. The van der Waals surface area contributed by atoms with Crippen LogP contribution < -0.4 is 19.9 Å². The number of aliphatic hydroxyl groups is 1. The van der Waals surface area contributed by atoms with E-state index in [2.05, 4.69) is 37.8 Å². The Morgan fingerprint density at radius 2 is 1.97 bits per heavy atom. The van der Waals surface area contributed by atoms with E-state index in [1.807, 2.05) is 30.0 Å². The van der Waals surface area contributed by atoms with E-state index in [0.717, 1.165) is 64.3 Å². The number of nitrogens with one attached hydrogen (secondary N) is 1. The zero-order chi connectivity index (χ0) is 25.3. The van der Waals surface area contributed by atoms with Crippen LogP contribution in [0.3, 0.4) is 0 Å². The Bertz CT molecular complexity index is 1250. The van der Waals surface area contributed by atoms with Gasteiger partial charge in [-0.05, 0) is 81.9 Å². The smallest absolute Gasteiger partial charge is 0.246 e. The van der Waals surface area contributed by atoms with Gasteiger partial charge in [-0.1, -0.05) is 6.07 Å². The number of aromatic nitrogens is 2. The third-order valence-corrected chi connectivity index (χ3v) is 7.37. The second-order valence-corrected chi connectivity index (χ2v) is 10.8. The molecule has 2 aromatic carbocycles. The summed E-state index contributed by atoms with van der Waals surface area (Å²) in [5.74, 6) is 1.51. The Labute approximate surface area is 216 Å². The maximum Gasteiger partial charge on any atom is 0.246 e. The van der Waals surface area contributed by atoms with E-state index in [9.17, 15) is 9.90 Å². The van der Waals surface area contributed by atoms with Gasteiger partial charge in [0.1, 0.15) is 23.2 Å². The minimum Gasteiger partial charge on any atom is -0.490 e. The van der Waals surface area contributed by atoms with Gasteiger partial charge < -0.3 is 25.0 Å². The second kappa shape index (κ2) is 10.1. The van der Waals surface area contributed by atoms with Crippen LogP contribution in [-0.4, -0.2) is 58.8 Å². The van der Waals surface area contributed by atoms with Crippen molar-refractivity contribution in [1.82, 2.24) is 9.36 Å². The van der Waals surface area contributed by atoms with Crippen molar-refractivity contribution in [2.75, 3.05) is 47.9 Å². The minimum absolute atomic E-state index is 0.0120. The fourth-order valence-corrected chi connectivity index (χ4v) is 5.44. The van der Waals surface area contributed by atoms with Gasteiger partial charge in [0.2, 0.25) is 5.91 Å². The zero-order valence-corrected chi connectivity index (χ0v) is 21.9. The zero-order valence-electron chi connectivity index (χ0n) is 21.1. The molecule has 0 radical (unpaired) electrons. The monoisotopic (exact) mass is 507 g/mol. The molecule has 5 rings (SSSR count). The van der Waals surface area contributed by atoms with E-state index in [1.165, 1.54) is 24.4 Å². The quantitative estimate of drug-likeness (QED) is 0.471. The number of hydrogen-bond donors (Lipinski definition) is 2. The van der Waals surface area contributed by atoms with Crippen molar-refractivity contribution in [2.45, 2.75) is 45.6 Å². The molecule has 1 fully saturated rings. The van der Waals surface area contributed by atoms with E-state index in [-0.39, 0.29) is 19.1 Å². The van der Waals surface area contributed by atoms with Crippen LogP contribution in [0.15, 0.2) is 36.4 Å². The van der Waals surface area contributed by atoms with Gasteiger partial charge in [0.05, 0.1) is 29.2 Å². The molecule has 3 heterocycles. The van der Waals surface area contributed by atoms with E-state index in [0.29, 0.717) is 6.54 Å². The molecule has 2 N–H and O–H groups in total. The summed E-state index contributed by atoms with van der Waals surface area (Å²) >= 11 is 1.39. The number of carbonyl (C=O) groups is 1. The van der Waals surface area contributed by atoms with Gasteiger partial charge in [0.25, 0.3) is 0 Å². The molecule has 9 heteroatoms. The maximum atomic E-state index is 13.3. The highest BCUT2D eigenvalue weighted by atomic mass is 32.1. The number of ether oxygens (including phenoxy) is 1. The summed E-state index contributed by atoms with van der Waals surface area (Å²) in [6.45, 7) is 8.37. The molecule has 0 spiro atoms. The summed E-state index contributed by atoms with van der Waals surface area (Å²) in [5, 5.41) is 14.3. The van der Waals surface area contributed by atoms with Crippen molar-refractivity contribution in [3.8, 4) is 16.3 Å².